The molecular formula is C15H30O2. The molecule has 1 N–H and O–H groups in total. The van der Waals surface area contributed by atoms with Gasteiger partial charge in [-0.2, -0.15) is 0 Å². The highest BCUT2D eigenvalue weighted by atomic mass is 16.5. The molecule has 0 saturated heterocycles. The molecule has 1 aliphatic rings. The minimum atomic E-state index is -0.372. The van der Waals surface area contributed by atoms with Gasteiger partial charge >= 0.3 is 0 Å². The zero-order chi connectivity index (χ0) is 13.3. The maximum atomic E-state index is 9.99. The molecule has 1 aliphatic carbocycles. The van der Waals surface area contributed by atoms with Crippen LogP contribution < -0.4 is 0 Å². The normalized spacial score (nSPS) is 31.2. The van der Waals surface area contributed by atoms with E-state index in [9.17, 15) is 5.11 Å². The van der Waals surface area contributed by atoms with Gasteiger partial charge in [-0.3, -0.25) is 0 Å². The summed E-state index contributed by atoms with van der Waals surface area (Å²) < 4.78 is 5.93. The molecule has 1 rings (SSSR count). The predicted octanol–water partition coefficient (Wildman–Crippen LogP) is 3.62. The summed E-state index contributed by atoms with van der Waals surface area (Å²) in [6, 6.07) is 0. The lowest BCUT2D eigenvalue weighted by atomic mass is 9.71. The van der Waals surface area contributed by atoms with Gasteiger partial charge in [-0.05, 0) is 36.0 Å². The van der Waals surface area contributed by atoms with E-state index in [0.29, 0.717) is 18.1 Å². The minimum Gasteiger partial charge on any atom is -0.390 e. The van der Waals surface area contributed by atoms with Gasteiger partial charge < -0.3 is 9.84 Å². The highest BCUT2D eigenvalue weighted by molar-refractivity contribution is 4.84. The van der Waals surface area contributed by atoms with E-state index >= 15 is 0 Å². The summed E-state index contributed by atoms with van der Waals surface area (Å²) in [6.07, 6.45) is 3.50. The van der Waals surface area contributed by atoms with Crippen molar-refractivity contribution in [2.45, 2.75) is 73.0 Å². The van der Waals surface area contributed by atoms with Gasteiger partial charge in [-0.15, -0.1) is 0 Å². The van der Waals surface area contributed by atoms with E-state index in [1.807, 2.05) is 0 Å². The van der Waals surface area contributed by atoms with Crippen molar-refractivity contribution in [1.82, 2.24) is 0 Å². The van der Waals surface area contributed by atoms with Gasteiger partial charge in [0.15, 0.2) is 0 Å². The van der Waals surface area contributed by atoms with E-state index in [4.69, 9.17) is 4.74 Å². The molecule has 0 amide bonds. The first kappa shape index (κ1) is 15.0. The van der Waals surface area contributed by atoms with Gasteiger partial charge in [0.1, 0.15) is 0 Å². The third kappa shape index (κ3) is 4.97. The fraction of sp³-hybridized carbons (Fsp3) is 1.00. The Morgan fingerprint density at radius 3 is 2.35 bits per heavy atom. The second kappa shape index (κ2) is 5.27. The Hall–Kier alpha value is -0.0800. The molecule has 0 radical (unpaired) electrons. The number of rotatable bonds is 3. The average molecular weight is 242 g/mol. The van der Waals surface area contributed by atoms with Crippen LogP contribution >= 0.6 is 0 Å². The van der Waals surface area contributed by atoms with Crippen molar-refractivity contribution in [2.24, 2.45) is 16.7 Å². The zero-order valence-corrected chi connectivity index (χ0v) is 12.4. The van der Waals surface area contributed by atoms with Crippen molar-refractivity contribution >= 4 is 0 Å². The molecule has 0 bridgehead atoms. The number of aliphatic hydroxyl groups excluding tert-OH is 1. The summed E-state index contributed by atoms with van der Waals surface area (Å²) in [7, 11) is 0. The van der Waals surface area contributed by atoms with Gasteiger partial charge in [0.2, 0.25) is 0 Å². The molecular weight excluding hydrogens is 212 g/mol. The molecule has 3 unspecified atom stereocenters. The van der Waals surface area contributed by atoms with Gasteiger partial charge in [0.25, 0.3) is 0 Å². The van der Waals surface area contributed by atoms with Gasteiger partial charge in [0, 0.05) is 0 Å². The number of aliphatic hydroxyl groups is 1. The Morgan fingerprint density at radius 1 is 1.29 bits per heavy atom. The third-order valence-electron chi connectivity index (χ3n) is 3.84. The molecule has 1 fully saturated rings. The van der Waals surface area contributed by atoms with E-state index in [2.05, 4.69) is 41.5 Å². The van der Waals surface area contributed by atoms with Crippen molar-refractivity contribution in [3.05, 3.63) is 0 Å². The van der Waals surface area contributed by atoms with Crippen LogP contribution in [0.1, 0.15) is 60.8 Å². The highest BCUT2D eigenvalue weighted by Crippen LogP contribution is 2.39. The van der Waals surface area contributed by atoms with Gasteiger partial charge in [-0.1, -0.05) is 41.5 Å². The molecule has 2 nitrogen and oxygen atoms in total. The number of hydrogen-bond donors (Lipinski definition) is 1. The summed E-state index contributed by atoms with van der Waals surface area (Å²) in [5.74, 6) is 0.732. The predicted molar refractivity (Wildman–Crippen MR) is 72.0 cm³/mol. The van der Waals surface area contributed by atoms with Crippen molar-refractivity contribution in [3.63, 3.8) is 0 Å². The van der Waals surface area contributed by atoms with Crippen molar-refractivity contribution < 1.29 is 9.84 Å². The highest BCUT2D eigenvalue weighted by Gasteiger charge is 2.33. The van der Waals surface area contributed by atoms with Crippen molar-refractivity contribution in [1.29, 1.82) is 0 Å². The molecule has 0 aliphatic heterocycles. The molecule has 0 aromatic carbocycles. The molecule has 17 heavy (non-hydrogen) atoms. The van der Waals surface area contributed by atoms with Crippen LogP contribution in [0.5, 0.6) is 0 Å². The van der Waals surface area contributed by atoms with Gasteiger partial charge in [-0.25, -0.2) is 0 Å². The average Bonchev–Trinajstić information content (AvgIpc) is 2.09. The Labute approximate surface area is 107 Å². The molecule has 0 heterocycles. The van der Waals surface area contributed by atoms with Crippen LogP contribution in [0.4, 0.5) is 0 Å². The number of ether oxygens (including phenoxy) is 1. The molecule has 0 spiro atoms. The van der Waals surface area contributed by atoms with E-state index < -0.39 is 0 Å². The van der Waals surface area contributed by atoms with E-state index in [-0.39, 0.29) is 11.5 Å². The van der Waals surface area contributed by atoms with Crippen LogP contribution in [0.15, 0.2) is 0 Å². The van der Waals surface area contributed by atoms with Crippen molar-refractivity contribution in [2.75, 3.05) is 6.61 Å². The van der Waals surface area contributed by atoms with E-state index in [1.54, 1.807) is 0 Å². The summed E-state index contributed by atoms with van der Waals surface area (Å²) in [6.45, 7) is 13.6. The maximum absolute atomic E-state index is 9.99. The van der Waals surface area contributed by atoms with Crippen LogP contribution in [-0.2, 0) is 4.74 Å². The minimum absolute atomic E-state index is 0.0875. The Balaban J connectivity index is 2.42. The smallest absolute Gasteiger partial charge is 0.0821 e. The summed E-state index contributed by atoms with van der Waals surface area (Å²) >= 11 is 0. The molecule has 102 valence electrons. The van der Waals surface area contributed by atoms with Crippen molar-refractivity contribution in [3.8, 4) is 0 Å². The second-order valence-electron chi connectivity index (χ2n) is 7.75. The lowest BCUT2D eigenvalue weighted by Gasteiger charge is -2.39. The lowest BCUT2D eigenvalue weighted by molar-refractivity contribution is -0.0799. The summed E-state index contributed by atoms with van der Waals surface area (Å²) in [4.78, 5) is 0. The quantitative estimate of drug-likeness (QED) is 0.819. The Kier molecular flexibility index (Phi) is 4.65. The molecule has 2 heteroatoms. The van der Waals surface area contributed by atoms with E-state index in [0.717, 1.165) is 18.8 Å². The van der Waals surface area contributed by atoms with Crippen LogP contribution in [0.2, 0.25) is 0 Å². The summed E-state index contributed by atoms with van der Waals surface area (Å²) in [5.41, 5.74) is 0.296. The van der Waals surface area contributed by atoms with Crippen LogP contribution in [-0.4, -0.2) is 23.9 Å². The van der Waals surface area contributed by atoms with Crippen LogP contribution in [0, 0.1) is 16.7 Å². The molecule has 0 aromatic heterocycles. The topological polar surface area (TPSA) is 29.5 Å². The standard InChI is InChI=1S/C15H30O2/c1-11-7-12(9-15(5,6)8-11)17-10-13(16)14(2,3)4/h11-13,16H,7-10H2,1-6H3. The molecule has 1 saturated carbocycles. The molecule has 0 aromatic rings. The molecule has 3 atom stereocenters. The first-order chi connectivity index (χ1) is 7.60. The maximum Gasteiger partial charge on any atom is 0.0821 e. The van der Waals surface area contributed by atoms with Crippen LogP contribution in [0.3, 0.4) is 0 Å². The first-order valence-corrected chi connectivity index (χ1v) is 6.90. The Morgan fingerprint density at radius 2 is 1.88 bits per heavy atom. The zero-order valence-electron chi connectivity index (χ0n) is 12.4. The fourth-order valence-electron chi connectivity index (χ4n) is 2.86. The first-order valence-electron chi connectivity index (χ1n) is 6.90. The largest absolute Gasteiger partial charge is 0.390 e. The SMILES string of the molecule is CC1CC(OCC(O)C(C)(C)C)CC(C)(C)C1. The summed E-state index contributed by atoms with van der Waals surface area (Å²) in [5, 5.41) is 9.99. The third-order valence-corrected chi connectivity index (χ3v) is 3.84. The fourth-order valence-corrected chi connectivity index (χ4v) is 2.86. The Bertz CT molecular complexity index is 240. The van der Waals surface area contributed by atoms with Crippen LogP contribution in [0.25, 0.3) is 0 Å². The second-order valence-corrected chi connectivity index (χ2v) is 7.75. The lowest BCUT2D eigenvalue weighted by Crippen LogP contribution is -2.37. The van der Waals surface area contributed by atoms with E-state index in [1.165, 1.54) is 6.42 Å². The number of hydrogen-bond acceptors (Lipinski definition) is 2. The van der Waals surface area contributed by atoms with Gasteiger partial charge in [0.05, 0.1) is 18.8 Å². The monoisotopic (exact) mass is 242 g/mol.